The van der Waals surface area contributed by atoms with Crippen molar-refractivity contribution in [3.8, 4) is 0 Å². The second-order valence-electron chi connectivity index (χ2n) is 6.22. The van der Waals surface area contributed by atoms with Crippen LogP contribution in [0, 0.1) is 0 Å². The van der Waals surface area contributed by atoms with Crippen molar-refractivity contribution < 1.29 is 4.74 Å². The average Bonchev–Trinajstić information content (AvgIpc) is 3.15. The lowest BCUT2D eigenvalue weighted by Crippen LogP contribution is -2.64. The monoisotopic (exact) mass is 294 g/mol. The molecule has 7 nitrogen and oxygen atoms in total. The zero-order valence-corrected chi connectivity index (χ0v) is 12.8. The highest BCUT2D eigenvalue weighted by molar-refractivity contribution is 5.08. The number of nitrogens with one attached hydrogen (secondary N) is 1. The molecule has 2 aliphatic rings. The first-order chi connectivity index (χ1) is 10.2. The fourth-order valence-electron chi connectivity index (χ4n) is 3.98. The van der Waals surface area contributed by atoms with E-state index in [1.54, 1.807) is 4.68 Å². The molecule has 2 heterocycles. The third kappa shape index (κ3) is 2.96. The number of hydrazine groups is 1. The summed E-state index contributed by atoms with van der Waals surface area (Å²) in [6, 6.07) is 0.204. The summed E-state index contributed by atoms with van der Waals surface area (Å²) in [5, 5.41) is 8.26. The maximum Gasteiger partial charge on any atom is 0.0843 e. The molecule has 0 aromatic carbocycles. The molecule has 1 aromatic rings. The van der Waals surface area contributed by atoms with Crippen molar-refractivity contribution >= 4 is 0 Å². The Kier molecular flexibility index (Phi) is 4.54. The first kappa shape index (κ1) is 14.9. The minimum atomic E-state index is 0.135. The van der Waals surface area contributed by atoms with Gasteiger partial charge in [0.2, 0.25) is 0 Å². The first-order valence-electron chi connectivity index (χ1n) is 7.89. The van der Waals surface area contributed by atoms with Crippen molar-refractivity contribution in [1.82, 2.24) is 25.3 Å². The third-order valence-electron chi connectivity index (χ3n) is 5.02. The van der Waals surface area contributed by atoms with E-state index >= 15 is 0 Å². The second kappa shape index (κ2) is 6.39. The minimum absolute atomic E-state index is 0.135. The molecule has 0 radical (unpaired) electrons. The van der Waals surface area contributed by atoms with Crippen molar-refractivity contribution in [3.63, 3.8) is 0 Å². The van der Waals surface area contributed by atoms with Crippen molar-refractivity contribution in [1.29, 1.82) is 0 Å². The highest BCUT2D eigenvalue weighted by Gasteiger charge is 2.46. The maximum atomic E-state index is 5.94. The molecule has 0 bridgehead atoms. The lowest BCUT2D eigenvalue weighted by atomic mass is 9.83. The van der Waals surface area contributed by atoms with Gasteiger partial charge in [0.1, 0.15) is 0 Å². The van der Waals surface area contributed by atoms with Crippen LogP contribution in [0.3, 0.4) is 0 Å². The Hall–Kier alpha value is -1.02. The molecule has 21 heavy (non-hydrogen) atoms. The Morgan fingerprint density at radius 2 is 2.10 bits per heavy atom. The number of hydrogen-bond acceptors (Lipinski definition) is 6. The van der Waals surface area contributed by atoms with Gasteiger partial charge >= 0.3 is 0 Å². The molecule has 1 saturated heterocycles. The van der Waals surface area contributed by atoms with Crippen LogP contribution in [0.25, 0.3) is 0 Å². The van der Waals surface area contributed by atoms with Gasteiger partial charge in [0.05, 0.1) is 18.9 Å². The van der Waals surface area contributed by atoms with E-state index in [2.05, 4.69) is 20.6 Å². The number of morpholine rings is 1. The first-order valence-corrected chi connectivity index (χ1v) is 7.89. The Morgan fingerprint density at radius 3 is 2.67 bits per heavy atom. The van der Waals surface area contributed by atoms with E-state index < -0.39 is 0 Å². The van der Waals surface area contributed by atoms with Gasteiger partial charge in [0.25, 0.3) is 0 Å². The van der Waals surface area contributed by atoms with Gasteiger partial charge in [-0.25, -0.2) is 0 Å². The van der Waals surface area contributed by atoms with E-state index in [0.717, 1.165) is 38.4 Å². The number of nitrogens with two attached hydrogens (primary N) is 1. The van der Waals surface area contributed by atoms with Crippen molar-refractivity contribution in [2.45, 2.75) is 43.7 Å². The van der Waals surface area contributed by atoms with Gasteiger partial charge < -0.3 is 4.74 Å². The van der Waals surface area contributed by atoms with Gasteiger partial charge in [-0.1, -0.05) is 18.1 Å². The van der Waals surface area contributed by atoms with E-state index in [1.165, 1.54) is 25.7 Å². The average molecular weight is 294 g/mol. The molecule has 1 aliphatic carbocycles. The maximum absolute atomic E-state index is 5.94. The predicted molar refractivity (Wildman–Crippen MR) is 79.4 cm³/mol. The molecule has 1 aliphatic heterocycles. The molecule has 0 spiro atoms. The number of hydrogen-bond donors (Lipinski definition) is 2. The van der Waals surface area contributed by atoms with Gasteiger partial charge in [-0.3, -0.25) is 20.9 Å². The number of nitrogens with zero attached hydrogens (tertiary/aromatic N) is 4. The van der Waals surface area contributed by atoms with Crippen molar-refractivity contribution in [3.05, 3.63) is 11.9 Å². The van der Waals surface area contributed by atoms with E-state index in [-0.39, 0.29) is 11.6 Å². The smallest absolute Gasteiger partial charge is 0.0843 e. The van der Waals surface area contributed by atoms with Crippen LogP contribution in [-0.4, -0.2) is 57.8 Å². The number of aromatic nitrogens is 3. The van der Waals surface area contributed by atoms with Crippen molar-refractivity contribution in [2.24, 2.45) is 12.9 Å². The van der Waals surface area contributed by atoms with Crippen LogP contribution in [0.1, 0.15) is 31.4 Å². The van der Waals surface area contributed by atoms with Crippen LogP contribution in [0.5, 0.6) is 0 Å². The highest BCUT2D eigenvalue weighted by Crippen LogP contribution is 2.39. The van der Waals surface area contributed by atoms with E-state index in [4.69, 9.17) is 10.6 Å². The summed E-state index contributed by atoms with van der Waals surface area (Å²) in [5.41, 5.74) is 4.22. The van der Waals surface area contributed by atoms with Crippen molar-refractivity contribution in [2.75, 3.05) is 26.3 Å². The van der Waals surface area contributed by atoms with Gasteiger partial charge in [0.15, 0.2) is 0 Å². The summed E-state index contributed by atoms with van der Waals surface area (Å²) in [4.78, 5) is 2.59. The molecule has 3 N–H and O–H groups in total. The lowest BCUT2D eigenvalue weighted by molar-refractivity contribution is -0.0358. The standard InChI is InChI=1S/C14H26N6O/c1-19-11-12(17-18-19)10-13(16-15)14(4-2-3-5-14)20-6-8-21-9-7-20/h11,13,16H,2-10,15H2,1H3. The van der Waals surface area contributed by atoms with Gasteiger partial charge in [-0.2, -0.15) is 0 Å². The van der Waals surface area contributed by atoms with Crippen LogP contribution in [-0.2, 0) is 18.2 Å². The quantitative estimate of drug-likeness (QED) is 0.580. The third-order valence-corrected chi connectivity index (χ3v) is 5.02. The predicted octanol–water partition coefficient (Wildman–Crippen LogP) is -0.165. The molecule has 0 amide bonds. The van der Waals surface area contributed by atoms with Gasteiger partial charge in [-0.05, 0) is 12.8 Å². The second-order valence-corrected chi connectivity index (χ2v) is 6.22. The molecule has 3 rings (SSSR count). The van der Waals surface area contributed by atoms with Crippen LogP contribution >= 0.6 is 0 Å². The molecular weight excluding hydrogens is 268 g/mol. The summed E-state index contributed by atoms with van der Waals surface area (Å²) < 4.78 is 7.27. The fourth-order valence-corrected chi connectivity index (χ4v) is 3.98. The lowest BCUT2D eigenvalue weighted by Gasteiger charge is -2.48. The summed E-state index contributed by atoms with van der Waals surface area (Å²) >= 11 is 0. The normalized spacial score (nSPS) is 24.3. The van der Waals surface area contributed by atoms with E-state index in [9.17, 15) is 0 Å². The van der Waals surface area contributed by atoms with E-state index in [1.807, 2.05) is 13.2 Å². The SMILES string of the molecule is Cn1cc(CC(NN)C2(N3CCOCC3)CCCC2)nn1. The van der Waals surface area contributed by atoms with Crippen LogP contribution in [0.2, 0.25) is 0 Å². The zero-order valence-electron chi connectivity index (χ0n) is 12.8. The molecule has 2 fully saturated rings. The Bertz CT molecular complexity index is 450. The largest absolute Gasteiger partial charge is 0.379 e. The summed E-state index contributed by atoms with van der Waals surface area (Å²) in [5.74, 6) is 5.94. The fraction of sp³-hybridized carbons (Fsp3) is 0.857. The molecule has 1 unspecified atom stereocenters. The van der Waals surface area contributed by atoms with Gasteiger partial charge in [0, 0.05) is 44.3 Å². The Morgan fingerprint density at radius 1 is 1.38 bits per heavy atom. The number of ether oxygens (including phenoxy) is 1. The van der Waals surface area contributed by atoms with Crippen LogP contribution < -0.4 is 11.3 Å². The molecule has 118 valence electrons. The molecule has 1 saturated carbocycles. The molecule has 1 atom stereocenters. The van der Waals surface area contributed by atoms with Gasteiger partial charge in [-0.15, -0.1) is 5.10 Å². The summed E-state index contributed by atoms with van der Waals surface area (Å²) in [6.07, 6.45) is 7.74. The zero-order chi connectivity index (χ0) is 14.7. The highest BCUT2D eigenvalue weighted by atomic mass is 16.5. The Labute approximate surface area is 125 Å². The molecular formula is C14H26N6O. The minimum Gasteiger partial charge on any atom is -0.379 e. The molecule has 1 aromatic heterocycles. The number of rotatable bonds is 5. The van der Waals surface area contributed by atoms with Crippen LogP contribution in [0.4, 0.5) is 0 Å². The molecule has 7 heteroatoms. The van der Waals surface area contributed by atoms with Crippen LogP contribution in [0.15, 0.2) is 6.20 Å². The topological polar surface area (TPSA) is 81.2 Å². The number of aryl methyl sites for hydroxylation is 1. The summed E-state index contributed by atoms with van der Waals surface area (Å²) in [6.45, 7) is 3.64. The van der Waals surface area contributed by atoms with E-state index in [0.29, 0.717) is 0 Å². The Balaban J connectivity index is 1.79. The summed E-state index contributed by atoms with van der Waals surface area (Å²) in [7, 11) is 1.90.